The van der Waals surface area contributed by atoms with Gasteiger partial charge in [0.05, 0.1) is 5.02 Å². The van der Waals surface area contributed by atoms with E-state index in [0.29, 0.717) is 5.02 Å². The van der Waals surface area contributed by atoms with Crippen LogP contribution in [0.2, 0.25) is 5.02 Å². The molecule has 0 aliphatic carbocycles. The molecule has 0 fully saturated rings. The largest absolute Gasteiger partial charge is 0.248 e. The van der Waals surface area contributed by atoms with Crippen molar-refractivity contribution in [2.45, 2.75) is 5.03 Å². The van der Waals surface area contributed by atoms with Crippen molar-refractivity contribution in [1.29, 1.82) is 0 Å². The molecule has 0 bridgehead atoms. The lowest BCUT2D eigenvalue weighted by molar-refractivity contribution is 1.14. The first-order valence-electron chi connectivity index (χ1n) is 3.33. The molecule has 0 aliphatic heterocycles. The van der Waals surface area contributed by atoms with Crippen LogP contribution in [0.1, 0.15) is 0 Å². The second-order valence-corrected chi connectivity index (χ2v) is 3.63. The van der Waals surface area contributed by atoms with Gasteiger partial charge in [0, 0.05) is 17.5 Å². The SMILES string of the molecule is Cl/C=C/CSc1ncccc1Cl. The van der Waals surface area contributed by atoms with Gasteiger partial charge in [0.15, 0.2) is 0 Å². The Morgan fingerprint density at radius 2 is 2.42 bits per heavy atom. The third-order valence-corrected chi connectivity index (χ3v) is 2.68. The highest BCUT2D eigenvalue weighted by Gasteiger charge is 1.98. The van der Waals surface area contributed by atoms with E-state index in [4.69, 9.17) is 23.2 Å². The summed E-state index contributed by atoms with van der Waals surface area (Å²) in [5, 5.41) is 1.53. The van der Waals surface area contributed by atoms with Gasteiger partial charge in [0.1, 0.15) is 5.03 Å². The van der Waals surface area contributed by atoms with Crippen molar-refractivity contribution in [2.75, 3.05) is 5.75 Å². The van der Waals surface area contributed by atoms with E-state index in [1.54, 1.807) is 18.0 Å². The molecule has 0 atom stereocenters. The van der Waals surface area contributed by atoms with Crippen LogP contribution in [-0.4, -0.2) is 10.7 Å². The molecule has 1 aromatic rings. The molecule has 0 unspecified atom stereocenters. The van der Waals surface area contributed by atoms with Crippen molar-refractivity contribution >= 4 is 35.0 Å². The van der Waals surface area contributed by atoms with E-state index in [9.17, 15) is 0 Å². The van der Waals surface area contributed by atoms with Crippen LogP contribution in [-0.2, 0) is 0 Å². The highest BCUT2D eigenvalue weighted by molar-refractivity contribution is 7.99. The van der Waals surface area contributed by atoms with Crippen LogP contribution in [0, 0.1) is 0 Å². The number of aromatic nitrogens is 1. The van der Waals surface area contributed by atoms with Gasteiger partial charge < -0.3 is 0 Å². The van der Waals surface area contributed by atoms with Gasteiger partial charge in [-0.1, -0.05) is 29.3 Å². The van der Waals surface area contributed by atoms with Gasteiger partial charge in [0.25, 0.3) is 0 Å². The lowest BCUT2D eigenvalue weighted by atomic mass is 10.5. The van der Waals surface area contributed by atoms with E-state index in [0.717, 1.165) is 10.8 Å². The Morgan fingerprint density at radius 3 is 3.08 bits per heavy atom. The standard InChI is InChI=1S/C8H7Cl2NS/c9-4-2-6-12-8-7(10)3-1-5-11-8/h1-5H,6H2/b4-2+. The molecule has 0 radical (unpaired) electrons. The zero-order chi connectivity index (χ0) is 8.81. The molecule has 4 heteroatoms. The van der Waals surface area contributed by atoms with Crippen LogP contribution in [0.3, 0.4) is 0 Å². The summed E-state index contributed by atoms with van der Waals surface area (Å²) in [6.45, 7) is 0. The minimum atomic E-state index is 0.686. The summed E-state index contributed by atoms with van der Waals surface area (Å²) < 4.78 is 0. The third kappa shape index (κ3) is 3.05. The van der Waals surface area contributed by atoms with Crippen LogP contribution in [0.4, 0.5) is 0 Å². The first kappa shape index (κ1) is 9.90. The Labute approximate surface area is 85.8 Å². The molecule has 0 saturated carbocycles. The monoisotopic (exact) mass is 219 g/mol. The van der Waals surface area contributed by atoms with Crippen molar-refractivity contribution in [3.8, 4) is 0 Å². The Hall–Kier alpha value is -0.180. The first-order chi connectivity index (χ1) is 5.84. The summed E-state index contributed by atoms with van der Waals surface area (Å²) >= 11 is 12.8. The quantitative estimate of drug-likeness (QED) is 0.722. The number of thioether (sulfide) groups is 1. The molecule has 0 amide bonds. The van der Waals surface area contributed by atoms with E-state index in [1.165, 1.54) is 5.54 Å². The summed E-state index contributed by atoms with van der Waals surface area (Å²) in [5.74, 6) is 0.792. The smallest absolute Gasteiger partial charge is 0.115 e. The molecule has 0 aromatic carbocycles. The highest BCUT2D eigenvalue weighted by Crippen LogP contribution is 2.23. The zero-order valence-electron chi connectivity index (χ0n) is 6.21. The predicted molar refractivity (Wildman–Crippen MR) is 55.0 cm³/mol. The maximum atomic E-state index is 5.86. The Kier molecular flexibility index (Phi) is 4.51. The van der Waals surface area contributed by atoms with Gasteiger partial charge in [-0.25, -0.2) is 4.98 Å². The normalized spacial score (nSPS) is 10.8. The molecule has 1 rings (SSSR count). The maximum absolute atomic E-state index is 5.86. The topological polar surface area (TPSA) is 12.9 Å². The maximum Gasteiger partial charge on any atom is 0.115 e. The fraction of sp³-hybridized carbons (Fsp3) is 0.125. The van der Waals surface area contributed by atoms with E-state index in [1.807, 2.05) is 18.2 Å². The minimum Gasteiger partial charge on any atom is -0.248 e. The second kappa shape index (κ2) is 5.46. The average Bonchev–Trinajstić information content (AvgIpc) is 2.09. The Balaban J connectivity index is 2.57. The van der Waals surface area contributed by atoms with Gasteiger partial charge in [-0.15, -0.1) is 11.8 Å². The van der Waals surface area contributed by atoms with Crippen LogP contribution in [0.5, 0.6) is 0 Å². The van der Waals surface area contributed by atoms with Crippen molar-refractivity contribution in [1.82, 2.24) is 4.98 Å². The number of hydrogen-bond acceptors (Lipinski definition) is 2. The molecule has 0 spiro atoms. The van der Waals surface area contributed by atoms with Crippen molar-refractivity contribution in [3.05, 3.63) is 35.0 Å². The summed E-state index contributed by atoms with van der Waals surface area (Å²) in [5.41, 5.74) is 1.49. The highest BCUT2D eigenvalue weighted by atomic mass is 35.5. The summed E-state index contributed by atoms with van der Waals surface area (Å²) in [4.78, 5) is 4.10. The van der Waals surface area contributed by atoms with E-state index in [2.05, 4.69) is 4.98 Å². The Morgan fingerprint density at radius 1 is 1.58 bits per heavy atom. The molecule has 0 saturated heterocycles. The molecule has 0 N–H and O–H groups in total. The molecule has 64 valence electrons. The van der Waals surface area contributed by atoms with E-state index < -0.39 is 0 Å². The Bertz CT molecular complexity index is 276. The lowest BCUT2D eigenvalue weighted by Gasteiger charge is -1.98. The fourth-order valence-electron chi connectivity index (χ4n) is 0.641. The second-order valence-electron chi connectivity index (χ2n) is 1.96. The molecular weight excluding hydrogens is 213 g/mol. The van der Waals surface area contributed by atoms with Gasteiger partial charge in [-0.05, 0) is 12.1 Å². The first-order valence-corrected chi connectivity index (χ1v) is 5.13. The summed E-state index contributed by atoms with van der Waals surface area (Å²) in [6.07, 6.45) is 3.57. The number of pyridine rings is 1. The van der Waals surface area contributed by atoms with Gasteiger partial charge in [-0.2, -0.15) is 0 Å². The number of rotatable bonds is 3. The zero-order valence-corrected chi connectivity index (χ0v) is 8.53. The molecule has 0 aliphatic rings. The lowest BCUT2D eigenvalue weighted by Crippen LogP contribution is -1.80. The van der Waals surface area contributed by atoms with Crippen LogP contribution >= 0.6 is 35.0 Å². The van der Waals surface area contributed by atoms with E-state index >= 15 is 0 Å². The molecular formula is C8H7Cl2NS. The fourth-order valence-corrected chi connectivity index (χ4v) is 1.81. The van der Waals surface area contributed by atoms with Crippen molar-refractivity contribution in [3.63, 3.8) is 0 Å². The number of nitrogens with zero attached hydrogens (tertiary/aromatic N) is 1. The minimum absolute atomic E-state index is 0.686. The van der Waals surface area contributed by atoms with Gasteiger partial charge in [0.2, 0.25) is 0 Å². The van der Waals surface area contributed by atoms with E-state index in [-0.39, 0.29) is 0 Å². The number of hydrogen-bond donors (Lipinski definition) is 0. The predicted octanol–water partition coefficient (Wildman–Crippen LogP) is 3.58. The average molecular weight is 220 g/mol. The van der Waals surface area contributed by atoms with Crippen molar-refractivity contribution in [2.24, 2.45) is 0 Å². The number of halogens is 2. The van der Waals surface area contributed by atoms with Gasteiger partial charge in [-0.3, -0.25) is 0 Å². The van der Waals surface area contributed by atoms with Crippen LogP contribution in [0.15, 0.2) is 35.0 Å². The molecule has 1 aromatic heterocycles. The molecule has 1 nitrogen and oxygen atoms in total. The summed E-state index contributed by atoms with van der Waals surface area (Å²) in [6, 6.07) is 3.63. The summed E-state index contributed by atoms with van der Waals surface area (Å²) in [7, 11) is 0. The van der Waals surface area contributed by atoms with Gasteiger partial charge >= 0.3 is 0 Å². The molecule has 12 heavy (non-hydrogen) atoms. The van der Waals surface area contributed by atoms with Crippen LogP contribution in [0.25, 0.3) is 0 Å². The third-order valence-electron chi connectivity index (χ3n) is 1.13. The van der Waals surface area contributed by atoms with Crippen LogP contribution < -0.4 is 0 Å². The van der Waals surface area contributed by atoms with Crippen molar-refractivity contribution < 1.29 is 0 Å². The molecule has 1 heterocycles.